The van der Waals surface area contributed by atoms with Crippen molar-refractivity contribution < 1.29 is 4.42 Å². The monoisotopic (exact) mass is 411 g/mol. The molecule has 32 heavy (non-hydrogen) atoms. The number of nitrogens with zero attached hydrogens (tertiary/aromatic N) is 4. The van der Waals surface area contributed by atoms with Crippen LogP contribution in [0.3, 0.4) is 0 Å². The third-order valence-corrected chi connectivity index (χ3v) is 4.51. The number of hydrogen-bond donors (Lipinski definition) is 1. The highest BCUT2D eigenvalue weighted by Crippen LogP contribution is 2.32. The van der Waals surface area contributed by atoms with E-state index in [0.29, 0.717) is 27.9 Å². The fraction of sp³-hybridized carbons (Fsp3) is 0. The van der Waals surface area contributed by atoms with Crippen LogP contribution < -0.4 is 0 Å². The van der Waals surface area contributed by atoms with E-state index < -0.39 is 0 Å². The van der Waals surface area contributed by atoms with Crippen molar-refractivity contribution in [2.75, 3.05) is 0 Å². The number of allylic oxidation sites excluding steroid dienone is 5. The van der Waals surface area contributed by atoms with E-state index in [9.17, 15) is 10.5 Å². The number of benzene rings is 2. The number of fused-ring (bicyclic) bond motifs is 1. The third-order valence-electron chi connectivity index (χ3n) is 4.51. The molecule has 1 heterocycles. The molecule has 0 bridgehead atoms. The van der Waals surface area contributed by atoms with E-state index in [4.69, 9.17) is 23.0 Å². The van der Waals surface area contributed by atoms with Crippen LogP contribution in [0.25, 0.3) is 38.0 Å². The average molecular weight is 411 g/mol. The molecule has 0 spiro atoms. The van der Waals surface area contributed by atoms with Crippen molar-refractivity contribution in [1.29, 1.82) is 15.9 Å². The van der Waals surface area contributed by atoms with Gasteiger partial charge in [0, 0.05) is 16.5 Å². The molecule has 1 aromatic heterocycles. The predicted octanol–water partition coefficient (Wildman–Crippen LogP) is 6.26. The van der Waals surface area contributed by atoms with Crippen LogP contribution in [0, 0.1) is 41.2 Å². The van der Waals surface area contributed by atoms with Crippen LogP contribution >= 0.6 is 0 Å². The van der Waals surface area contributed by atoms with E-state index in [2.05, 4.69) is 21.6 Å². The maximum Gasteiger partial charge on any atom is 0.270 e. The number of para-hydroxylation sites is 1. The Bertz CT molecular complexity index is 1480. The molecule has 0 aliphatic rings. The van der Waals surface area contributed by atoms with E-state index in [1.54, 1.807) is 66.7 Å². The van der Waals surface area contributed by atoms with Gasteiger partial charge in [-0.25, -0.2) is 15.0 Å². The fourth-order valence-electron chi connectivity index (χ4n) is 3.14. The minimum Gasteiger partial charge on any atom is -0.457 e. The molecule has 0 fully saturated rings. The summed E-state index contributed by atoms with van der Waals surface area (Å²) in [4.78, 5) is 6.64. The molecule has 6 heteroatoms. The quantitative estimate of drug-likeness (QED) is 0.232. The lowest BCUT2D eigenvalue weighted by molar-refractivity contribution is 0.603. The van der Waals surface area contributed by atoms with Crippen molar-refractivity contribution in [2.24, 2.45) is 0 Å². The smallest absolute Gasteiger partial charge is 0.270 e. The number of nitrogens with one attached hydrogen (secondary N) is 1. The molecule has 3 aromatic rings. The summed E-state index contributed by atoms with van der Waals surface area (Å²) in [6, 6.07) is 19.8. The zero-order chi connectivity index (χ0) is 22.9. The van der Waals surface area contributed by atoms with Gasteiger partial charge < -0.3 is 4.42 Å². The van der Waals surface area contributed by atoms with E-state index in [0.717, 1.165) is 0 Å². The summed E-state index contributed by atoms with van der Waals surface area (Å²) in [7, 11) is 0. The lowest BCUT2D eigenvalue weighted by Crippen LogP contribution is -1.91. The number of nitriles is 2. The first kappa shape index (κ1) is 21.3. The highest BCUT2D eigenvalue weighted by atomic mass is 16.3. The topological polar surface area (TPSA) is 93.3 Å². The normalized spacial score (nSPS) is 11.6. The van der Waals surface area contributed by atoms with Gasteiger partial charge in [0.15, 0.2) is 0 Å². The number of hydrogen-bond acceptors (Lipinski definition) is 4. The molecule has 1 N–H and O–H groups in total. The van der Waals surface area contributed by atoms with Gasteiger partial charge in [-0.1, -0.05) is 54.6 Å². The molecule has 148 valence electrons. The molecular formula is C26H13N5O. The van der Waals surface area contributed by atoms with Crippen molar-refractivity contribution in [3.8, 4) is 12.1 Å². The maximum absolute atomic E-state index is 9.73. The van der Waals surface area contributed by atoms with E-state index >= 15 is 0 Å². The van der Waals surface area contributed by atoms with Gasteiger partial charge in [0.05, 0.1) is 30.9 Å². The van der Waals surface area contributed by atoms with E-state index in [-0.39, 0.29) is 22.5 Å². The molecule has 0 radical (unpaired) electrons. The summed E-state index contributed by atoms with van der Waals surface area (Å²) in [5.74, 6) is 2.48. The van der Waals surface area contributed by atoms with E-state index in [1.165, 1.54) is 6.08 Å². The lowest BCUT2D eigenvalue weighted by atomic mass is 9.96. The maximum atomic E-state index is 9.73. The molecule has 6 nitrogen and oxygen atoms in total. The number of furan rings is 1. The molecule has 0 saturated heterocycles. The third kappa shape index (κ3) is 4.13. The van der Waals surface area contributed by atoms with Gasteiger partial charge >= 0.3 is 0 Å². The summed E-state index contributed by atoms with van der Waals surface area (Å²) < 4.78 is 5.83. The minimum atomic E-state index is -0.191. The van der Waals surface area contributed by atoms with Crippen LogP contribution in [-0.4, -0.2) is 5.87 Å². The first-order valence-electron chi connectivity index (χ1n) is 9.23. The highest BCUT2D eigenvalue weighted by molar-refractivity contribution is 6.04. The minimum absolute atomic E-state index is 0.00345. The second-order valence-electron chi connectivity index (χ2n) is 6.29. The standard InChI is InChI=1S/C26H13N5O/c1-30-21(16-28)25(18-9-4-3-5-10-18)19(15-27)11-8-14-24-26(22(17-29)31-2)20-12-6-7-13-23(20)32-24/h3-14,29H/b14-8+,19-11+,25-21-. The van der Waals surface area contributed by atoms with E-state index in [1.807, 2.05) is 6.07 Å². The van der Waals surface area contributed by atoms with Gasteiger partial charge in [0.2, 0.25) is 0 Å². The van der Waals surface area contributed by atoms with Crippen LogP contribution in [0.15, 0.2) is 82.4 Å². The largest absolute Gasteiger partial charge is 0.457 e. The van der Waals surface area contributed by atoms with Crippen molar-refractivity contribution in [2.45, 2.75) is 0 Å². The van der Waals surface area contributed by atoms with Crippen molar-refractivity contribution >= 4 is 34.2 Å². The summed E-state index contributed by atoms with van der Waals surface area (Å²) >= 11 is 0. The van der Waals surface area contributed by atoms with Crippen LogP contribution in [0.4, 0.5) is 0 Å². The fourth-order valence-corrected chi connectivity index (χ4v) is 3.14. The van der Waals surface area contributed by atoms with Gasteiger partial charge in [-0.05, 0) is 29.7 Å². The van der Waals surface area contributed by atoms with Gasteiger partial charge in [-0.2, -0.15) is 5.26 Å². The van der Waals surface area contributed by atoms with Crippen molar-refractivity contribution in [3.63, 3.8) is 0 Å². The Kier molecular flexibility index (Phi) is 6.59. The Morgan fingerprint density at radius 1 is 0.969 bits per heavy atom. The summed E-state index contributed by atoms with van der Waals surface area (Å²) in [5.41, 5.74) is 1.74. The van der Waals surface area contributed by atoms with Crippen LogP contribution in [0.2, 0.25) is 0 Å². The first-order valence-corrected chi connectivity index (χ1v) is 9.23. The highest BCUT2D eigenvalue weighted by Gasteiger charge is 2.17. The summed E-state index contributed by atoms with van der Waals surface area (Å²) in [5, 5.41) is 27.2. The average Bonchev–Trinajstić information content (AvgIpc) is 3.20. The molecule has 0 atom stereocenters. The SMILES string of the molecule is [C-]#[N+]C(=C=N)c1c(/C=C/C=C(C#N)/C(=C(/C#N)[N+]#[C-])c2ccccc2)oc2ccccc12. The Morgan fingerprint density at radius 2 is 1.69 bits per heavy atom. The van der Waals surface area contributed by atoms with Crippen molar-refractivity contribution in [1.82, 2.24) is 0 Å². The Hall–Kier alpha value is -5.39. The molecule has 0 amide bonds. The molecule has 0 unspecified atom stereocenters. The Labute approximate surface area is 184 Å². The Balaban J connectivity index is 2.15. The number of rotatable bonds is 5. The van der Waals surface area contributed by atoms with Crippen LogP contribution in [0.1, 0.15) is 16.9 Å². The molecule has 2 aromatic carbocycles. The molecule has 0 aliphatic heterocycles. The molecular weight excluding hydrogens is 398 g/mol. The second-order valence-corrected chi connectivity index (χ2v) is 6.29. The van der Waals surface area contributed by atoms with Gasteiger partial charge in [0.25, 0.3) is 11.4 Å². The predicted molar refractivity (Wildman–Crippen MR) is 122 cm³/mol. The lowest BCUT2D eigenvalue weighted by Gasteiger charge is -2.06. The first-order chi connectivity index (χ1) is 15.7. The molecule has 3 rings (SSSR count). The van der Waals surface area contributed by atoms with Gasteiger partial charge in [0.1, 0.15) is 11.3 Å². The summed E-state index contributed by atoms with van der Waals surface area (Å²) in [6.07, 6.45) is 4.60. The zero-order valence-corrected chi connectivity index (χ0v) is 16.6. The van der Waals surface area contributed by atoms with Crippen LogP contribution in [0.5, 0.6) is 0 Å². The van der Waals surface area contributed by atoms with Gasteiger partial charge in [-0.15, -0.1) is 0 Å². The van der Waals surface area contributed by atoms with Crippen molar-refractivity contribution in [3.05, 3.63) is 118 Å². The van der Waals surface area contributed by atoms with Gasteiger partial charge in [-0.3, -0.25) is 5.41 Å². The van der Waals surface area contributed by atoms with Crippen LogP contribution in [-0.2, 0) is 0 Å². The molecule has 0 saturated carbocycles. The Morgan fingerprint density at radius 3 is 2.31 bits per heavy atom. The second kappa shape index (κ2) is 9.89. The molecule has 0 aliphatic carbocycles. The summed E-state index contributed by atoms with van der Waals surface area (Å²) in [6.45, 7) is 14.7. The zero-order valence-electron chi connectivity index (χ0n) is 16.6.